The monoisotopic (exact) mass is 406 g/mol. The Morgan fingerprint density at radius 3 is 2.56 bits per heavy atom. The van der Waals surface area contributed by atoms with Crippen molar-refractivity contribution >= 4 is 34.9 Å². The summed E-state index contributed by atoms with van der Waals surface area (Å²) in [5, 5.41) is 7.34. The van der Waals surface area contributed by atoms with Crippen LogP contribution >= 0.6 is 23.2 Å². The number of amides is 1. The Kier molecular flexibility index (Phi) is 5.83. The van der Waals surface area contributed by atoms with Gasteiger partial charge < -0.3 is 14.8 Å². The van der Waals surface area contributed by atoms with E-state index in [1.54, 1.807) is 31.2 Å². The Balaban J connectivity index is 1.84. The molecule has 140 valence electrons. The first-order valence-corrected chi connectivity index (χ1v) is 8.63. The molecule has 1 amide bonds. The lowest BCUT2D eigenvalue weighted by atomic mass is 10.2. The highest BCUT2D eigenvalue weighted by Crippen LogP contribution is 2.31. The zero-order chi connectivity index (χ0) is 19.4. The van der Waals surface area contributed by atoms with Gasteiger partial charge in [-0.2, -0.15) is 5.10 Å². The number of ether oxygens (including phenoxy) is 2. The maximum Gasteiger partial charge on any atom is 0.257 e. The van der Waals surface area contributed by atoms with Gasteiger partial charge >= 0.3 is 0 Å². The van der Waals surface area contributed by atoms with Crippen LogP contribution in [0.15, 0.2) is 42.6 Å². The number of nitrogens with zero attached hydrogens (tertiary/aromatic N) is 3. The molecule has 0 atom stereocenters. The highest BCUT2D eigenvalue weighted by molar-refractivity contribution is 6.33. The zero-order valence-corrected chi connectivity index (χ0v) is 16.1. The van der Waals surface area contributed by atoms with Crippen LogP contribution in [0.3, 0.4) is 0 Å². The molecule has 7 nitrogen and oxygen atoms in total. The first-order chi connectivity index (χ1) is 13.0. The number of hydrogen-bond acceptors (Lipinski definition) is 5. The molecule has 0 saturated heterocycles. The van der Waals surface area contributed by atoms with Gasteiger partial charge in [-0.25, -0.2) is 9.67 Å². The van der Waals surface area contributed by atoms with E-state index in [-0.39, 0.29) is 16.2 Å². The molecule has 0 aliphatic heterocycles. The van der Waals surface area contributed by atoms with E-state index in [1.807, 2.05) is 18.2 Å². The molecule has 1 aromatic carbocycles. The second-order valence-electron chi connectivity index (χ2n) is 5.48. The van der Waals surface area contributed by atoms with Crippen LogP contribution in [0.5, 0.6) is 11.5 Å². The predicted octanol–water partition coefficient (Wildman–Crippen LogP) is 3.90. The third kappa shape index (κ3) is 4.32. The van der Waals surface area contributed by atoms with Crippen LogP contribution in [-0.4, -0.2) is 34.9 Å². The van der Waals surface area contributed by atoms with Gasteiger partial charge in [0.1, 0.15) is 16.1 Å². The molecular formula is C18H16Cl2N4O3. The fourth-order valence-corrected chi connectivity index (χ4v) is 3.05. The summed E-state index contributed by atoms with van der Waals surface area (Å²) in [6.45, 7) is 0.376. The molecule has 0 aliphatic carbocycles. The third-order valence-electron chi connectivity index (χ3n) is 3.79. The lowest BCUT2D eigenvalue weighted by molar-refractivity contribution is 0.102. The summed E-state index contributed by atoms with van der Waals surface area (Å²) >= 11 is 11.7. The van der Waals surface area contributed by atoms with Gasteiger partial charge in [-0.15, -0.1) is 0 Å². The highest BCUT2D eigenvalue weighted by Gasteiger charge is 2.15. The van der Waals surface area contributed by atoms with E-state index < -0.39 is 0 Å². The minimum absolute atomic E-state index is 0.141. The number of para-hydroxylation sites is 1. The topological polar surface area (TPSA) is 78.3 Å². The SMILES string of the molecule is COc1cccc(Cn2nccc2NC(=O)c2cc(Cl)nc(Cl)c2)c1OC. The fraction of sp³-hybridized carbons (Fsp3) is 0.167. The van der Waals surface area contributed by atoms with Crippen molar-refractivity contribution < 1.29 is 14.3 Å². The van der Waals surface area contributed by atoms with Gasteiger partial charge in [-0.3, -0.25) is 4.79 Å². The number of anilines is 1. The molecule has 3 aromatic rings. The van der Waals surface area contributed by atoms with Crippen LogP contribution in [0, 0.1) is 0 Å². The van der Waals surface area contributed by atoms with E-state index in [9.17, 15) is 4.79 Å². The maximum absolute atomic E-state index is 12.5. The summed E-state index contributed by atoms with van der Waals surface area (Å²) in [5.74, 6) is 1.36. The van der Waals surface area contributed by atoms with E-state index >= 15 is 0 Å². The van der Waals surface area contributed by atoms with Crippen LogP contribution in [-0.2, 0) is 6.54 Å². The lowest BCUT2D eigenvalue weighted by Gasteiger charge is -2.14. The summed E-state index contributed by atoms with van der Waals surface area (Å²) in [6, 6.07) is 10.1. The molecule has 2 aromatic heterocycles. The molecule has 0 fully saturated rings. The van der Waals surface area contributed by atoms with Crippen molar-refractivity contribution in [3.05, 3.63) is 64.0 Å². The first kappa shape index (κ1) is 19.0. The molecular weight excluding hydrogens is 391 g/mol. The normalized spacial score (nSPS) is 10.5. The van der Waals surface area contributed by atoms with E-state index in [2.05, 4.69) is 15.4 Å². The smallest absolute Gasteiger partial charge is 0.257 e. The van der Waals surface area contributed by atoms with Crippen LogP contribution in [0.1, 0.15) is 15.9 Å². The lowest BCUT2D eigenvalue weighted by Crippen LogP contribution is -2.16. The van der Waals surface area contributed by atoms with E-state index in [1.165, 1.54) is 12.1 Å². The molecule has 0 spiro atoms. The number of pyridine rings is 1. The van der Waals surface area contributed by atoms with E-state index in [0.717, 1.165) is 5.56 Å². The maximum atomic E-state index is 12.5. The quantitative estimate of drug-likeness (QED) is 0.627. The molecule has 0 aliphatic rings. The molecule has 0 saturated carbocycles. The van der Waals surface area contributed by atoms with E-state index in [4.69, 9.17) is 32.7 Å². The largest absolute Gasteiger partial charge is 0.493 e. The van der Waals surface area contributed by atoms with Crippen molar-refractivity contribution in [1.82, 2.24) is 14.8 Å². The average Bonchev–Trinajstić information content (AvgIpc) is 3.07. The fourth-order valence-electron chi connectivity index (χ4n) is 2.59. The van der Waals surface area contributed by atoms with E-state index in [0.29, 0.717) is 29.4 Å². The Morgan fingerprint density at radius 2 is 1.89 bits per heavy atom. The Morgan fingerprint density at radius 1 is 1.15 bits per heavy atom. The van der Waals surface area contributed by atoms with Gasteiger partial charge in [0.05, 0.1) is 27.0 Å². The number of hydrogen-bond donors (Lipinski definition) is 1. The van der Waals surface area contributed by atoms with Crippen LogP contribution in [0.4, 0.5) is 5.82 Å². The standard InChI is InChI=1S/C18H16Cl2N4O3/c1-26-13-5-3-4-11(17(13)27-2)10-24-16(6-7-21-24)23-18(25)12-8-14(19)22-15(20)9-12/h3-9H,10H2,1-2H3,(H,23,25). The number of carbonyl (C=O) groups excluding carboxylic acids is 1. The second-order valence-corrected chi connectivity index (χ2v) is 6.26. The summed E-state index contributed by atoms with van der Waals surface area (Å²) in [6.07, 6.45) is 1.59. The molecule has 0 unspecified atom stereocenters. The van der Waals surface area contributed by atoms with Crippen molar-refractivity contribution in [2.75, 3.05) is 19.5 Å². The second kappa shape index (κ2) is 8.28. The van der Waals surface area contributed by atoms with Gasteiger partial charge in [0, 0.05) is 17.2 Å². The summed E-state index contributed by atoms with van der Waals surface area (Å²) in [7, 11) is 3.15. The number of methoxy groups -OCH3 is 2. The van der Waals surface area contributed by atoms with Crippen molar-refractivity contribution in [3.8, 4) is 11.5 Å². The summed E-state index contributed by atoms with van der Waals surface area (Å²) in [4.78, 5) is 16.3. The number of carbonyl (C=O) groups is 1. The van der Waals surface area contributed by atoms with Crippen molar-refractivity contribution in [1.29, 1.82) is 0 Å². The molecule has 0 bridgehead atoms. The number of benzene rings is 1. The van der Waals surface area contributed by atoms with Crippen molar-refractivity contribution in [3.63, 3.8) is 0 Å². The van der Waals surface area contributed by atoms with Crippen LogP contribution in [0.25, 0.3) is 0 Å². The van der Waals surface area contributed by atoms with Gasteiger partial charge in [-0.05, 0) is 18.2 Å². The number of nitrogens with one attached hydrogen (secondary N) is 1. The Labute approximate surface area is 165 Å². The molecule has 1 N–H and O–H groups in total. The minimum Gasteiger partial charge on any atom is -0.493 e. The molecule has 2 heterocycles. The Bertz CT molecular complexity index is 955. The van der Waals surface area contributed by atoms with Crippen LogP contribution in [0.2, 0.25) is 10.3 Å². The van der Waals surface area contributed by atoms with Gasteiger partial charge in [-0.1, -0.05) is 35.3 Å². The third-order valence-corrected chi connectivity index (χ3v) is 4.18. The number of aromatic nitrogens is 3. The van der Waals surface area contributed by atoms with Crippen LogP contribution < -0.4 is 14.8 Å². The molecule has 0 radical (unpaired) electrons. The number of halogens is 2. The van der Waals surface area contributed by atoms with Gasteiger partial charge in [0.15, 0.2) is 11.5 Å². The van der Waals surface area contributed by atoms with Gasteiger partial charge in [0.2, 0.25) is 0 Å². The molecule has 9 heteroatoms. The molecule has 27 heavy (non-hydrogen) atoms. The minimum atomic E-state index is -0.374. The Hall–Kier alpha value is -2.77. The molecule has 3 rings (SSSR count). The summed E-state index contributed by atoms with van der Waals surface area (Å²) < 4.78 is 12.4. The summed E-state index contributed by atoms with van der Waals surface area (Å²) in [5.41, 5.74) is 1.15. The number of rotatable bonds is 6. The highest BCUT2D eigenvalue weighted by atomic mass is 35.5. The van der Waals surface area contributed by atoms with Gasteiger partial charge in [0.25, 0.3) is 5.91 Å². The first-order valence-electron chi connectivity index (χ1n) is 7.88. The average molecular weight is 407 g/mol. The van der Waals surface area contributed by atoms with Crippen molar-refractivity contribution in [2.24, 2.45) is 0 Å². The van der Waals surface area contributed by atoms with Crippen molar-refractivity contribution in [2.45, 2.75) is 6.54 Å². The zero-order valence-electron chi connectivity index (χ0n) is 14.6. The predicted molar refractivity (Wildman–Crippen MR) is 103 cm³/mol.